The van der Waals surface area contributed by atoms with Crippen LogP contribution in [0.2, 0.25) is 0 Å². The van der Waals surface area contributed by atoms with Crippen molar-refractivity contribution in [2.24, 2.45) is 17.8 Å². The number of carboxylic acid groups (broad SMARTS) is 1. The predicted octanol–water partition coefficient (Wildman–Crippen LogP) is 3.76. The molecule has 1 aromatic heterocycles. The molecule has 6 nitrogen and oxygen atoms in total. The van der Waals surface area contributed by atoms with E-state index in [0.29, 0.717) is 11.4 Å². The number of hydrogen-bond donors (Lipinski definition) is 2. The molecule has 4 rings (SSSR count). The lowest BCUT2D eigenvalue weighted by Crippen LogP contribution is -2.39. The molecule has 27 heavy (non-hydrogen) atoms. The Morgan fingerprint density at radius 2 is 2.00 bits per heavy atom. The van der Waals surface area contributed by atoms with Crippen LogP contribution in [0, 0.1) is 17.8 Å². The first-order valence-corrected chi connectivity index (χ1v) is 9.98. The van der Waals surface area contributed by atoms with Gasteiger partial charge in [0.1, 0.15) is 5.82 Å². The van der Waals surface area contributed by atoms with Crippen molar-refractivity contribution in [3.05, 3.63) is 29.6 Å². The Morgan fingerprint density at radius 3 is 2.56 bits per heavy atom. The summed E-state index contributed by atoms with van der Waals surface area (Å²) in [4.78, 5) is 28.7. The van der Waals surface area contributed by atoms with Gasteiger partial charge in [0.2, 0.25) is 5.91 Å². The molecule has 2 aliphatic rings. The predicted molar refractivity (Wildman–Crippen MR) is 102 cm³/mol. The van der Waals surface area contributed by atoms with E-state index in [0.717, 1.165) is 37.1 Å². The third kappa shape index (κ3) is 3.57. The van der Waals surface area contributed by atoms with E-state index in [1.807, 2.05) is 6.07 Å². The Labute approximate surface area is 159 Å². The van der Waals surface area contributed by atoms with Gasteiger partial charge < -0.3 is 15.0 Å². The largest absolute Gasteiger partial charge is 0.478 e. The highest BCUT2D eigenvalue weighted by molar-refractivity contribution is 5.92. The van der Waals surface area contributed by atoms with Gasteiger partial charge in [-0.05, 0) is 55.7 Å². The molecule has 2 aromatic rings. The number of benzene rings is 1. The second-order valence-corrected chi connectivity index (χ2v) is 8.39. The van der Waals surface area contributed by atoms with E-state index >= 15 is 0 Å². The van der Waals surface area contributed by atoms with E-state index in [2.05, 4.69) is 23.7 Å². The van der Waals surface area contributed by atoms with Gasteiger partial charge in [-0.3, -0.25) is 4.79 Å². The zero-order chi connectivity index (χ0) is 19.1. The number of carbonyl (C=O) groups is 2. The molecule has 0 saturated heterocycles. The van der Waals surface area contributed by atoms with E-state index in [1.54, 1.807) is 12.1 Å². The normalized spacial score (nSPS) is 18.5. The zero-order valence-electron chi connectivity index (χ0n) is 15.9. The van der Waals surface area contributed by atoms with E-state index < -0.39 is 5.97 Å². The first-order valence-electron chi connectivity index (χ1n) is 9.98. The molecule has 6 heteroatoms. The minimum atomic E-state index is -0.950. The Morgan fingerprint density at radius 1 is 1.26 bits per heavy atom. The van der Waals surface area contributed by atoms with Crippen molar-refractivity contribution in [3.8, 4) is 0 Å². The van der Waals surface area contributed by atoms with Crippen LogP contribution in [0.5, 0.6) is 0 Å². The minimum Gasteiger partial charge on any atom is -0.478 e. The first kappa shape index (κ1) is 18.0. The second-order valence-electron chi connectivity index (χ2n) is 8.39. The van der Waals surface area contributed by atoms with Gasteiger partial charge in [-0.25, -0.2) is 9.78 Å². The van der Waals surface area contributed by atoms with Gasteiger partial charge in [-0.1, -0.05) is 20.3 Å². The van der Waals surface area contributed by atoms with Crippen molar-refractivity contribution < 1.29 is 14.7 Å². The molecule has 1 aromatic carbocycles. The smallest absolute Gasteiger partial charge is 0.335 e. The zero-order valence-corrected chi connectivity index (χ0v) is 15.9. The monoisotopic (exact) mass is 369 g/mol. The third-order valence-electron chi connectivity index (χ3n) is 5.88. The lowest BCUT2D eigenvalue weighted by molar-refractivity contribution is -0.128. The quantitative estimate of drug-likeness (QED) is 0.778. The summed E-state index contributed by atoms with van der Waals surface area (Å²) in [5.74, 6) is 0.997. The average Bonchev–Trinajstić information content (AvgIpc) is 3.31. The molecule has 144 valence electrons. The van der Waals surface area contributed by atoms with Gasteiger partial charge >= 0.3 is 5.97 Å². The number of fused-ring (bicyclic) bond motifs is 1. The Balaban J connectivity index is 1.73. The van der Waals surface area contributed by atoms with Crippen LogP contribution in [0.25, 0.3) is 11.0 Å². The lowest BCUT2D eigenvalue weighted by atomic mass is 9.84. The topological polar surface area (TPSA) is 84.2 Å². The molecular weight excluding hydrogens is 342 g/mol. The molecule has 1 heterocycles. The highest BCUT2D eigenvalue weighted by atomic mass is 16.4. The molecule has 2 saturated carbocycles. The molecule has 0 radical (unpaired) electrons. The molecule has 0 bridgehead atoms. The van der Waals surface area contributed by atoms with Gasteiger partial charge in [-0.2, -0.15) is 0 Å². The standard InChI is InChI=1S/C21H27N3O3/c1-12(2)18(23-20(25)14-4-3-5-14)19-22-16-10-15(21(26)27)8-9-17(16)24(19)11-13-6-7-13/h8-10,12-14,18H,3-7,11H2,1-2H3,(H,23,25)(H,26,27)/t18-/m0/s1. The fraction of sp³-hybridized carbons (Fsp3) is 0.571. The molecule has 1 atom stereocenters. The third-order valence-corrected chi connectivity index (χ3v) is 5.88. The van der Waals surface area contributed by atoms with Crippen LogP contribution >= 0.6 is 0 Å². The Bertz CT molecular complexity index is 878. The first-order chi connectivity index (χ1) is 12.9. The number of amides is 1. The highest BCUT2D eigenvalue weighted by Gasteiger charge is 2.32. The summed E-state index contributed by atoms with van der Waals surface area (Å²) in [7, 11) is 0. The van der Waals surface area contributed by atoms with Crippen molar-refractivity contribution >= 4 is 22.9 Å². The van der Waals surface area contributed by atoms with Crippen LogP contribution in [0.4, 0.5) is 0 Å². The summed E-state index contributed by atoms with van der Waals surface area (Å²) in [5.41, 5.74) is 1.88. The number of imidazole rings is 1. The summed E-state index contributed by atoms with van der Waals surface area (Å²) in [6.07, 6.45) is 5.50. The summed E-state index contributed by atoms with van der Waals surface area (Å²) < 4.78 is 2.20. The van der Waals surface area contributed by atoms with E-state index in [9.17, 15) is 14.7 Å². The number of hydrogen-bond acceptors (Lipinski definition) is 3. The number of aromatic carboxylic acids is 1. The number of nitrogens with one attached hydrogen (secondary N) is 1. The molecule has 0 unspecified atom stereocenters. The van der Waals surface area contributed by atoms with Crippen LogP contribution < -0.4 is 5.32 Å². The second kappa shape index (κ2) is 6.98. The van der Waals surface area contributed by atoms with E-state index in [4.69, 9.17) is 4.98 Å². The SMILES string of the molecule is CC(C)[C@H](NC(=O)C1CCC1)c1nc2cc(C(=O)O)ccc2n1CC1CC1. The van der Waals surface area contributed by atoms with Gasteiger partial charge in [0, 0.05) is 12.5 Å². The summed E-state index contributed by atoms with van der Waals surface area (Å²) in [6.45, 7) is 5.06. The van der Waals surface area contributed by atoms with Crippen molar-refractivity contribution in [2.45, 2.75) is 58.5 Å². The van der Waals surface area contributed by atoms with Crippen molar-refractivity contribution in [3.63, 3.8) is 0 Å². The van der Waals surface area contributed by atoms with Crippen LogP contribution in [-0.2, 0) is 11.3 Å². The molecule has 2 aliphatic carbocycles. The maximum absolute atomic E-state index is 12.6. The summed E-state index contributed by atoms with van der Waals surface area (Å²) >= 11 is 0. The van der Waals surface area contributed by atoms with Crippen molar-refractivity contribution in [2.75, 3.05) is 0 Å². The maximum Gasteiger partial charge on any atom is 0.335 e. The Hall–Kier alpha value is -2.37. The number of aromatic nitrogens is 2. The van der Waals surface area contributed by atoms with Crippen LogP contribution in [0.1, 0.15) is 68.2 Å². The fourth-order valence-electron chi connectivity index (χ4n) is 3.74. The fourth-order valence-corrected chi connectivity index (χ4v) is 3.74. The van der Waals surface area contributed by atoms with Crippen molar-refractivity contribution in [1.29, 1.82) is 0 Å². The summed E-state index contributed by atoms with van der Waals surface area (Å²) in [6, 6.07) is 4.95. The van der Waals surface area contributed by atoms with Crippen LogP contribution in [0.15, 0.2) is 18.2 Å². The Kier molecular flexibility index (Phi) is 4.66. The van der Waals surface area contributed by atoms with Gasteiger partial charge in [-0.15, -0.1) is 0 Å². The van der Waals surface area contributed by atoms with E-state index in [1.165, 1.54) is 12.8 Å². The maximum atomic E-state index is 12.6. The highest BCUT2D eigenvalue weighted by Crippen LogP contribution is 2.35. The molecular formula is C21H27N3O3. The van der Waals surface area contributed by atoms with Crippen molar-refractivity contribution in [1.82, 2.24) is 14.9 Å². The molecule has 0 aliphatic heterocycles. The van der Waals surface area contributed by atoms with Gasteiger partial charge in [0.25, 0.3) is 0 Å². The minimum absolute atomic E-state index is 0.121. The number of nitrogens with zero attached hydrogens (tertiary/aromatic N) is 2. The number of carbonyl (C=O) groups excluding carboxylic acids is 1. The molecule has 1 amide bonds. The molecule has 0 spiro atoms. The molecule has 2 fully saturated rings. The lowest BCUT2D eigenvalue weighted by Gasteiger charge is -2.29. The number of carboxylic acids is 1. The van der Waals surface area contributed by atoms with Crippen LogP contribution in [0.3, 0.4) is 0 Å². The molecule has 2 N–H and O–H groups in total. The van der Waals surface area contributed by atoms with Crippen LogP contribution in [-0.4, -0.2) is 26.5 Å². The van der Waals surface area contributed by atoms with E-state index in [-0.39, 0.29) is 29.3 Å². The number of rotatable bonds is 7. The van der Waals surface area contributed by atoms with Gasteiger partial charge in [0.15, 0.2) is 0 Å². The van der Waals surface area contributed by atoms with Gasteiger partial charge in [0.05, 0.1) is 22.6 Å². The summed E-state index contributed by atoms with van der Waals surface area (Å²) in [5, 5.41) is 12.5. The average molecular weight is 369 g/mol.